The number of piperazine rings is 1. The SMILES string of the molecule is N#C/C(=C/Nc1cc(F)ccc1F)C(=O)NCCN1CCNCC1. The Bertz CT molecular complexity index is 650. The molecule has 128 valence electrons. The fourth-order valence-corrected chi connectivity index (χ4v) is 2.26. The number of halogens is 2. The normalized spacial score (nSPS) is 15.6. The van der Waals surface area contributed by atoms with Gasteiger partial charge in [0.25, 0.3) is 5.91 Å². The van der Waals surface area contributed by atoms with Crippen LogP contribution in [0.1, 0.15) is 0 Å². The van der Waals surface area contributed by atoms with Crippen LogP contribution in [0, 0.1) is 23.0 Å². The molecule has 24 heavy (non-hydrogen) atoms. The number of carbonyl (C=O) groups excluding carboxylic acids is 1. The number of nitrogens with one attached hydrogen (secondary N) is 3. The molecular formula is C16H19F2N5O. The van der Waals surface area contributed by atoms with E-state index in [9.17, 15) is 13.6 Å². The van der Waals surface area contributed by atoms with Crippen LogP contribution in [0.15, 0.2) is 30.0 Å². The van der Waals surface area contributed by atoms with Crippen LogP contribution >= 0.6 is 0 Å². The van der Waals surface area contributed by atoms with E-state index in [0.717, 1.165) is 50.6 Å². The molecule has 2 rings (SSSR count). The van der Waals surface area contributed by atoms with Crippen molar-refractivity contribution in [2.45, 2.75) is 0 Å². The van der Waals surface area contributed by atoms with Gasteiger partial charge in [-0.3, -0.25) is 9.69 Å². The number of nitriles is 1. The predicted octanol–water partition coefficient (Wildman–Crippen LogP) is 0.806. The highest BCUT2D eigenvalue weighted by Gasteiger charge is 2.12. The van der Waals surface area contributed by atoms with Crippen LogP contribution in [0.25, 0.3) is 0 Å². The van der Waals surface area contributed by atoms with E-state index in [1.807, 2.05) is 0 Å². The van der Waals surface area contributed by atoms with Gasteiger partial charge in [0.1, 0.15) is 23.3 Å². The predicted molar refractivity (Wildman–Crippen MR) is 86.0 cm³/mol. The second-order valence-corrected chi connectivity index (χ2v) is 5.29. The highest BCUT2D eigenvalue weighted by Crippen LogP contribution is 2.15. The molecule has 0 aliphatic carbocycles. The lowest BCUT2D eigenvalue weighted by molar-refractivity contribution is -0.117. The molecule has 1 amide bonds. The first-order valence-electron chi connectivity index (χ1n) is 7.63. The van der Waals surface area contributed by atoms with Gasteiger partial charge in [0.05, 0.1) is 5.69 Å². The fourth-order valence-electron chi connectivity index (χ4n) is 2.26. The van der Waals surface area contributed by atoms with Crippen molar-refractivity contribution in [3.05, 3.63) is 41.6 Å². The monoisotopic (exact) mass is 335 g/mol. The van der Waals surface area contributed by atoms with Crippen molar-refractivity contribution in [2.24, 2.45) is 0 Å². The number of anilines is 1. The van der Waals surface area contributed by atoms with Crippen LogP contribution in [0.5, 0.6) is 0 Å². The third-order valence-corrected chi connectivity index (χ3v) is 3.59. The number of benzene rings is 1. The summed E-state index contributed by atoms with van der Waals surface area (Å²) in [6.45, 7) is 4.76. The molecule has 6 nitrogen and oxygen atoms in total. The van der Waals surface area contributed by atoms with E-state index in [1.54, 1.807) is 6.07 Å². The van der Waals surface area contributed by atoms with Crippen molar-refractivity contribution in [1.29, 1.82) is 5.26 Å². The number of hydrogen-bond acceptors (Lipinski definition) is 5. The molecule has 1 aromatic rings. The van der Waals surface area contributed by atoms with Gasteiger partial charge in [-0.05, 0) is 12.1 Å². The zero-order chi connectivity index (χ0) is 17.4. The van der Waals surface area contributed by atoms with E-state index in [0.29, 0.717) is 13.1 Å². The Labute approximate surface area is 139 Å². The second-order valence-electron chi connectivity index (χ2n) is 5.29. The lowest BCUT2D eigenvalue weighted by Crippen LogP contribution is -2.46. The van der Waals surface area contributed by atoms with E-state index in [1.165, 1.54) is 0 Å². The molecule has 0 saturated carbocycles. The van der Waals surface area contributed by atoms with E-state index in [-0.39, 0.29) is 11.3 Å². The van der Waals surface area contributed by atoms with Gasteiger partial charge < -0.3 is 16.0 Å². The number of carbonyl (C=O) groups is 1. The second kappa shape index (κ2) is 8.96. The average Bonchev–Trinajstić information content (AvgIpc) is 2.59. The summed E-state index contributed by atoms with van der Waals surface area (Å²) in [4.78, 5) is 14.1. The molecule has 1 fully saturated rings. The molecule has 0 aromatic heterocycles. The topological polar surface area (TPSA) is 80.2 Å². The van der Waals surface area contributed by atoms with Crippen LogP contribution in [0.4, 0.5) is 14.5 Å². The molecule has 1 heterocycles. The Hall–Kier alpha value is -2.50. The smallest absolute Gasteiger partial charge is 0.263 e. The Morgan fingerprint density at radius 2 is 2.12 bits per heavy atom. The molecule has 0 atom stereocenters. The van der Waals surface area contributed by atoms with Crippen molar-refractivity contribution in [1.82, 2.24) is 15.5 Å². The van der Waals surface area contributed by atoms with Gasteiger partial charge in [-0.1, -0.05) is 0 Å². The van der Waals surface area contributed by atoms with Gasteiger partial charge in [0, 0.05) is 51.5 Å². The van der Waals surface area contributed by atoms with Crippen LogP contribution in [-0.4, -0.2) is 50.1 Å². The Morgan fingerprint density at radius 1 is 1.38 bits per heavy atom. The molecule has 0 spiro atoms. The van der Waals surface area contributed by atoms with Crippen LogP contribution in [0.3, 0.4) is 0 Å². The van der Waals surface area contributed by atoms with Gasteiger partial charge in [-0.15, -0.1) is 0 Å². The highest BCUT2D eigenvalue weighted by atomic mass is 19.1. The molecule has 3 N–H and O–H groups in total. The fraction of sp³-hybridized carbons (Fsp3) is 0.375. The first-order valence-corrected chi connectivity index (χ1v) is 7.63. The summed E-state index contributed by atoms with van der Waals surface area (Å²) in [7, 11) is 0. The molecule has 0 bridgehead atoms. The summed E-state index contributed by atoms with van der Waals surface area (Å²) in [5.41, 5.74) is -0.352. The maximum Gasteiger partial charge on any atom is 0.263 e. The highest BCUT2D eigenvalue weighted by molar-refractivity contribution is 5.97. The minimum atomic E-state index is -0.677. The third-order valence-electron chi connectivity index (χ3n) is 3.59. The minimum absolute atomic E-state index is 0.142. The number of rotatable bonds is 6. The van der Waals surface area contributed by atoms with Crippen molar-refractivity contribution in [2.75, 3.05) is 44.6 Å². The summed E-state index contributed by atoms with van der Waals surface area (Å²) in [5, 5.41) is 17.4. The molecule has 1 saturated heterocycles. The Balaban J connectivity index is 1.86. The largest absolute Gasteiger partial charge is 0.358 e. The maximum absolute atomic E-state index is 13.5. The standard InChI is InChI=1S/C16H19F2N5O/c17-13-1-2-14(18)15(9-13)22-11-12(10-19)16(24)21-5-8-23-6-3-20-4-7-23/h1-2,9,11,20,22H,3-8H2,(H,21,24)/b12-11-. The Morgan fingerprint density at radius 3 is 2.83 bits per heavy atom. The van der Waals surface area contributed by atoms with Gasteiger partial charge in [-0.25, -0.2) is 8.78 Å². The van der Waals surface area contributed by atoms with Gasteiger partial charge in [0.15, 0.2) is 0 Å². The maximum atomic E-state index is 13.5. The van der Waals surface area contributed by atoms with Crippen LogP contribution in [0.2, 0.25) is 0 Å². The molecule has 0 radical (unpaired) electrons. The van der Waals surface area contributed by atoms with Gasteiger partial charge in [-0.2, -0.15) is 5.26 Å². The Kier molecular flexibility index (Phi) is 6.66. The number of hydrogen-bond donors (Lipinski definition) is 3. The first kappa shape index (κ1) is 17.8. The molecule has 1 aliphatic heterocycles. The van der Waals surface area contributed by atoms with E-state index < -0.39 is 17.5 Å². The van der Waals surface area contributed by atoms with E-state index >= 15 is 0 Å². The van der Waals surface area contributed by atoms with E-state index in [2.05, 4.69) is 20.9 Å². The first-order chi connectivity index (χ1) is 11.6. The summed E-state index contributed by atoms with van der Waals surface area (Å²) in [6, 6.07) is 4.64. The molecule has 8 heteroatoms. The molecular weight excluding hydrogens is 316 g/mol. The van der Waals surface area contributed by atoms with Crippen LogP contribution < -0.4 is 16.0 Å². The lowest BCUT2D eigenvalue weighted by atomic mass is 10.2. The van der Waals surface area contributed by atoms with Crippen molar-refractivity contribution < 1.29 is 13.6 Å². The van der Waals surface area contributed by atoms with Gasteiger partial charge in [0.2, 0.25) is 0 Å². The van der Waals surface area contributed by atoms with Gasteiger partial charge >= 0.3 is 0 Å². The van der Waals surface area contributed by atoms with E-state index in [4.69, 9.17) is 5.26 Å². The lowest BCUT2D eigenvalue weighted by Gasteiger charge is -2.27. The summed E-state index contributed by atoms with van der Waals surface area (Å²) >= 11 is 0. The molecule has 1 aromatic carbocycles. The van der Waals surface area contributed by atoms with Crippen molar-refractivity contribution in [3.63, 3.8) is 0 Å². The quantitative estimate of drug-likeness (QED) is 0.529. The third kappa shape index (κ3) is 5.30. The average molecular weight is 335 g/mol. The summed E-state index contributed by atoms with van der Waals surface area (Å²) < 4.78 is 26.6. The minimum Gasteiger partial charge on any atom is -0.358 e. The number of nitrogens with zero attached hydrogens (tertiary/aromatic N) is 2. The van der Waals surface area contributed by atoms with Crippen molar-refractivity contribution >= 4 is 11.6 Å². The van der Waals surface area contributed by atoms with Crippen molar-refractivity contribution in [3.8, 4) is 6.07 Å². The molecule has 0 unspecified atom stereocenters. The van der Waals surface area contributed by atoms with Crippen LogP contribution in [-0.2, 0) is 4.79 Å². The zero-order valence-corrected chi connectivity index (χ0v) is 13.1. The molecule has 1 aliphatic rings. The summed E-state index contributed by atoms with van der Waals surface area (Å²) in [5.74, 6) is -1.85. The number of amides is 1. The zero-order valence-electron chi connectivity index (χ0n) is 13.1. The summed E-state index contributed by atoms with van der Waals surface area (Å²) in [6.07, 6.45) is 1.07.